The maximum atomic E-state index is 9.16. The van der Waals surface area contributed by atoms with E-state index in [-0.39, 0.29) is 5.75 Å². The first-order valence-electron chi connectivity index (χ1n) is 4.77. The van der Waals surface area contributed by atoms with E-state index in [1.54, 1.807) is 18.3 Å². The van der Waals surface area contributed by atoms with Gasteiger partial charge in [0.05, 0.1) is 0 Å². The largest absolute Gasteiger partial charge is 0.508 e. The molecule has 0 aliphatic rings. The summed E-state index contributed by atoms with van der Waals surface area (Å²) in [5.41, 5.74) is 7.73. The van der Waals surface area contributed by atoms with Crippen LogP contribution in [0.2, 0.25) is 0 Å². The van der Waals surface area contributed by atoms with Gasteiger partial charge in [0.15, 0.2) is 4.77 Å². The molecule has 0 atom stereocenters. The molecule has 0 saturated heterocycles. The van der Waals surface area contributed by atoms with Crippen molar-refractivity contribution in [3.8, 4) is 5.75 Å². The minimum atomic E-state index is 0.252. The Balaban J connectivity index is 2.27. The number of phenols is 1. The summed E-state index contributed by atoms with van der Waals surface area (Å²) in [6.45, 7) is 0. The Bertz CT molecular complexity index is 548. The lowest BCUT2D eigenvalue weighted by Gasteiger charge is -2.04. The highest BCUT2D eigenvalue weighted by Crippen LogP contribution is 2.15. The van der Waals surface area contributed by atoms with Gasteiger partial charge in [-0.2, -0.15) is 0 Å². The Morgan fingerprint density at radius 1 is 1.31 bits per heavy atom. The zero-order valence-corrected chi connectivity index (χ0v) is 9.29. The number of anilines is 1. The average Bonchev–Trinajstić information content (AvgIpc) is 2.25. The first-order valence-corrected chi connectivity index (χ1v) is 5.17. The van der Waals surface area contributed by atoms with Gasteiger partial charge in [-0.25, -0.2) is 4.98 Å². The number of nitrogens with two attached hydrogens (primary N) is 1. The molecule has 0 spiro atoms. The number of aromatic amines is 1. The minimum Gasteiger partial charge on any atom is -0.508 e. The lowest BCUT2D eigenvalue weighted by Crippen LogP contribution is -2.00. The van der Waals surface area contributed by atoms with Gasteiger partial charge >= 0.3 is 0 Å². The van der Waals surface area contributed by atoms with Crippen molar-refractivity contribution in [3.63, 3.8) is 0 Å². The molecule has 1 aromatic carbocycles. The molecule has 1 aromatic heterocycles. The van der Waals surface area contributed by atoms with Crippen LogP contribution in [-0.2, 0) is 6.42 Å². The molecule has 2 aromatic rings. The summed E-state index contributed by atoms with van der Waals surface area (Å²) in [5.74, 6) is 0.787. The smallest absolute Gasteiger partial charge is 0.198 e. The van der Waals surface area contributed by atoms with Crippen molar-refractivity contribution in [2.45, 2.75) is 6.42 Å². The third-order valence-corrected chi connectivity index (χ3v) is 2.46. The van der Waals surface area contributed by atoms with Gasteiger partial charge < -0.3 is 15.8 Å². The van der Waals surface area contributed by atoms with Crippen molar-refractivity contribution < 1.29 is 5.11 Å². The average molecular weight is 233 g/mol. The fraction of sp³-hybridized carbons (Fsp3) is 0.0909. The maximum absolute atomic E-state index is 9.16. The standard InChI is InChI=1S/C11H11N3OS/c12-10-8(6-13-11(16)14-10)5-7-1-3-9(15)4-2-7/h1-4,6,15H,5H2,(H3,12,13,14,16). The number of hydrogen-bond acceptors (Lipinski definition) is 4. The maximum Gasteiger partial charge on any atom is 0.198 e. The molecule has 4 nitrogen and oxygen atoms in total. The van der Waals surface area contributed by atoms with E-state index in [1.165, 1.54) is 0 Å². The molecule has 2 rings (SSSR count). The van der Waals surface area contributed by atoms with Crippen LogP contribution < -0.4 is 5.73 Å². The highest BCUT2D eigenvalue weighted by Gasteiger charge is 2.01. The van der Waals surface area contributed by atoms with Gasteiger partial charge in [-0.3, -0.25) is 0 Å². The highest BCUT2D eigenvalue weighted by atomic mass is 32.1. The number of benzene rings is 1. The Kier molecular flexibility index (Phi) is 2.87. The van der Waals surface area contributed by atoms with Gasteiger partial charge in [-0.1, -0.05) is 12.1 Å². The number of rotatable bonds is 2. The van der Waals surface area contributed by atoms with E-state index in [9.17, 15) is 0 Å². The topological polar surface area (TPSA) is 74.9 Å². The number of aromatic hydroxyl groups is 1. The van der Waals surface area contributed by atoms with Gasteiger partial charge in [0.25, 0.3) is 0 Å². The molecule has 16 heavy (non-hydrogen) atoms. The quantitative estimate of drug-likeness (QED) is 0.694. The van der Waals surface area contributed by atoms with Crippen LogP contribution in [0.25, 0.3) is 0 Å². The second kappa shape index (κ2) is 4.32. The number of H-pyrrole nitrogens is 1. The fourth-order valence-electron chi connectivity index (χ4n) is 1.41. The van der Waals surface area contributed by atoms with Gasteiger partial charge in [-0.05, 0) is 29.9 Å². The number of nitrogens with zero attached hydrogens (tertiary/aromatic N) is 1. The Labute approximate surface area is 97.8 Å². The molecule has 0 radical (unpaired) electrons. The predicted molar refractivity (Wildman–Crippen MR) is 64.7 cm³/mol. The summed E-state index contributed by atoms with van der Waals surface area (Å²) < 4.78 is 0.381. The Hall–Kier alpha value is -1.88. The second-order valence-electron chi connectivity index (χ2n) is 3.47. The normalized spacial score (nSPS) is 10.2. The van der Waals surface area contributed by atoms with Crippen molar-refractivity contribution in [3.05, 3.63) is 46.4 Å². The van der Waals surface area contributed by atoms with E-state index in [4.69, 9.17) is 23.1 Å². The van der Waals surface area contributed by atoms with E-state index < -0.39 is 0 Å². The third kappa shape index (κ3) is 2.38. The van der Waals surface area contributed by atoms with Crippen molar-refractivity contribution >= 4 is 18.0 Å². The van der Waals surface area contributed by atoms with Crippen molar-refractivity contribution in [1.29, 1.82) is 0 Å². The van der Waals surface area contributed by atoms with E-state index in [2.05, 4.69) is 9.97 Å². The van der Waals surface area contributed by atoms with Crippen LogP contribution in [0.5, 0.6) is 5.75 Å². The van der Waals surface area contributed by atoms with Crippen LogP contribution >= 0.6 is 12.2 Å². The molecule has 0 amide bonds. The zero-order valence-electron chi connectivity index (χ0n) is 8.47. The van der Waals surface area contributed by atoms with Crippen molar-refractivity contribution in [2.75, 3.05) is 5.73 Å². The minimum absolute atomic E-state index is 0.252. The summed E-state index contributed by atoms with van der Waals surface area (Å²) in [6.07, 6.45) is 2.33. The lowest BCUT2D eigenvalue weighted by molar-refractivity contribution is 0.475. The Morgan fingerprint density at radius 3 is 2.62 bits per heavy atom. The molecule has 4 N–H and O–H groups in total. The summed E-state index contributed by atoms with van der Waals surface area (Å²) >= 11 is 4.86. The molecule has 0 unspecified atom stereocenters. The van der Waals surface area contributed by atoms with Crippen LogP contribution in [0.4, 0.5) is 5.82 Å². The molecule has 82 valence electrons. The monoisotopic (exact) mass is 233 g/mol. The summed E-state index contributed by atoms with van der Waals surface area (Å²) in [7, 11) is 0. The molecule has 0 aliphatic heterocycles. The molecular formula is C11H11N3OS. The summed E-state index contributed by atoms with van der Waals surface area (Å²) in [6, 6.07) is 6.97. The molecule has 5 heteroatoms. The molecule has 0 saturated carbocycles. The van der Waals surface area contributed by atoms with Crippen LogP contribution in [-0.4, -0.2) is 15.1 Å². The summed E-state index contributed by atoms with van der Waals surface area (Å²) in [5, 5.41) is 9.16. The summed E-state index contributed by atoms with van der Waals surface area (Å²) in [4.78, 5) is 6.79. The van der Waals surface area contributed by atoms with E-state index in [1.807, 2.05) is 12.1 Å². The first-order chi connectivity index (χ1) is 7.65. The van der Waals surface area contributed by atoms with E-state index in [0.29, 0.717) is 17.0 Å². The van der Waals surface area contributed by atoms with Gasteiger partial charge in [0.2, 0.25) is 0 Å². The fourth-order valence-corrected chi connectivity index (χ4v) is 1.57. The van der Waals surface area contributed by atoms with Gasteiger partial charge in [0.1, 0.15) is 11.6 Å². The molecule has 1 heterocycles. The number of nitrogen functional groups attached to an aromatic ring is 1. The van der Waals surface area contributed by atoms with Crippen LogP contribution in [0, 0.1) is 4.77 Å². The number of hydrogen-bond donors (Lipinski definition) is 3. The van der Waals surface area contributed by atoms with Crippen molar-refractivity contribution in [1.82, 2.24) is 9.97 Å². The predicted octanol–water partition coefficient (Wildman–Crippen LogP) is 2.02. The third-order valence-electron chi connectivity index (χ3n) is 2.26. The SMILES string of the molecule is Nc1[nH]c(=S)ncc1Cc1ccc(O)cc1. The highest BCUT2D eigenvalue weighted by molar-refractivity contribution is 7.71. The van der Waals surface area contributed by atoms with E-state index >= 15 is 0 Å². The Morgan fingerprint density at radius 2 is 2.00 bits per heavy atom. The van der Waals surface area contributed by atoms with Gasteiger partial charge in [0, 0.05) is 18.2 Å². The molecule has 0 fully saturated rings. The van der Waals surface area contributed by atoms with Gasteiger partial charge in [-0.15, -0.1) is 0 Å². The van der Waals surface area contributed by atoms with Crippen molar-refractivity contribution in [2.24, 2.45) is 0 Å². The number of phenolic OH excluding ortho intramolecular Hbond substituents is 1. The van der Waals surface area contributed by atoms with Crippen LogP contribution in [0.15, 0.2) is 30.5 Å². The second-order valence-corrected chi connectivity index (χ2v) is 3.86. The van der Waals surface area contributed by atoms with E-state index in [0.717, 1.165) is 11.1 Å². The number of nitrogens with one attached hydrogen (secondary N) is 1. The molecule has 0 bridgehead atoms. The van der Waals surface area contributed by atoms with Crippen LogP contribution in [0.3, 0.4) is 0 Å². The molecule has 0 aliphatic carbocycles. The number of aromatic nitrogens is 2. The lowest BCUT2D eigenvalue weighted by atomic mass is 10.1. The molecular weight excluding hydrogens is 222 g/mol. The zero-order chi connectivity index (χ0) is 11.5. The van der Waals surface area contributed by atoms with Crippen LogP contribution in [0.1, 0.15) is 11.1 Å². The first kappa shape index (κ1) is 10.6.